The van der Waals surface area contributed by atoms with E-state index in [2.05, 4.69) is 4.72 Å². The van der Waals surface area contributed by atoms with E-state index < -0.39 is 16.1 Å². The minimum Gasteiger partial charge on any atom is -0.387 e. The molecule has 1 heterocycles. The number of carbonyl (C=O) groups excluding carboxylic acids is 1. The van der Waals surface area contributed by atoms with Crippen molar-refractivity contribution in [1.82, 2.24) is 4.72 Å². The van der Waals surface area contributed by atoms with Gasteiger partial charge in [0.2, 0.25) is 10.0 Å². The molecule has 0 spiro atoms. The van der Waals surface area contributed by atoms with Crippen molar-refractivity contribution in [3.63, 3.8) is 0 Å². The second-order valence-corrected chi connectivity index (χ2v) is 8.63. The van der Waals surface area contributed by atoms with E-state index in [-0.39, 0.29) is 17.2 Å². The molecule has 27 heavy (non-hydrogen) atoms. The fourth-order valence-electron chi connectivity index (χ4n) is 2.60. The van der Waals surface area contributed by atoms with Gasteiger partial charge in [0, 0.05) is 12.1 Å². The van der Waals surface area contributed by atoms with Gasteiger partial charge in [-0.15, -0.1) is 0 Å². The van der Waals surface area contributed by atoms with Crippen LogP contribution < -0.4 is 4.72 Å². The van der Waals surface area contributed by atoms with Gasteiger partial charge in [0.05, 0.1) is 11.0 Å². The van der Waals surface area contributed by atoms with Gasteiger partial charge >= 0.3 is 0 Å². The molecule has 5 nitrogen and oxygen atoms in total. The zero-order valence-corrected chi connectivity index (χ0v) is 16.3. The standard InChI is InChI=1S/C20H19NO4S2/c1-14(22)17-3-2-4-19(11-17)27(24,25)21-12-20(23)16-7-5-15(6-8-16)18-9-10-26-13-18/h2-11,13,20-21,23H,12H2,1H3. The molecule has 1 aromatic heterocycles. The first kappa shape index (κ1) is 19.4. The number of benzene rings is 2. The van der Waals surface area contributed by atoms with E-state index in [4.69, 9.17) is 0 Å². The number of hydrogen-bond donors (Lipinski definition) is 2. The summed E-state index contributed by atoms with van der Waals surface area (Å²) in [6.07, 6.45) is -0.979. The Bertz CT molecular complexity index is 1030. The van der Waals surface area contributed by atoms with Crippen molar-refractivity contribution in [2.45, 2.75) is 17.9 Å². The normalized spacial score (nSPS) is 12.7. The maximum Gasteiger partial charge on any atom is 0.240 e. The summed E-state index contributed by atoms with van der Waals surface area (Å²) in [6, 6.07) is 15.2. The Labute approximate surface area is 162 Å². The average Bonchev–Trinajstić information content (AvgIpc) is 3.21. The molecule has 0 fully saturated rings. The number of rotatable bonds is 7. The fourth-order valence-corrected chi connectivity index (χ4v) is 4.35. The number of ketones is 1. The van der Waals surface area contributed by atoms with Crippen LogP contribution in [-0.4, -0.2) is 25.9 Å². The molecule has 3 rings (SSSR count). The van der Waals surface area contributed by atoms with E-state index >= 15 is 0 Å². The van der Waals surface area contributed by atoms with Crippen LogP contribution in [0, 0.1) is 0 Å². The number of nitrogens with one attached hydrogen (secondary N) is 1. The van der Waals surface area contributed by atoms with Crippen LogP contribution in [0.4, 0.5) is 0 Å². The molecule has 0 bridgehead atoms. The molecular formula is C20H19NO4S2. The molecule has 0 radical (unpaired) electrons. The van der Waals surface area contributed by atoms with E-state index in [0.29, 0.717) is 11.1 Å². The first-order valence-corrected chi connectivity index (χ1v) is 10.7. The summed E-state index contributed by atoms with van der Waals surface area (Å²) < 4.78 is 27.2. The van der Waals surface area contributed by atoms with Gasteiger partial charge in [-0.05, 0) is 52.6 Å². The number of sulfonamides is 1. The van der Waals surface area contributed by atoms with Crippen LogP contribution >= 0.6 is 11.3 Å². The number of aliphatic hydroxyl groups is 1. The monoisotopic (exact) mass is 401 g/mol. The van der Waals surface area contributed by atoms with Crippen LogP contribution in [-0.2, 0) is 10.0 Å². The van der Waals surface area contributed by atoms with Gasteiger partial charge in [0.15, 0.2) is 5.78 Å². The highest BCUT2D eigenvalue weighted by atomic mass is 32.2. The average molecular weight is 402 g/mol. The zero-order valence-electron chi connectivity index (χ0n) is 14.6. The summed E-state index contributed by atoms with van der Waals surface area (Å²) in [5.41, 5.74) is 3.08. The van der Waals surface area contributed by atoms with E-state index in [9.17, 15) is 18.3 Å². The van der Waals surface area contributed by atoms with E-state index in [0.717, 1.165) is 11.1 Å². The third kappa shape index (κ3) is 4.70. The van der Waals surface area contributed by atoms with Gasteiger partial charge in [0.1, 0.15) is 0 Å². The lowest BCUT2D eigenvalue weighted by atomic mass is 10.0. The number of aliphatic hydroxyl groups excluding tert-OH is 1. The van der Waals surface area contributed by atoms with Crippen molar-refractivity contribution >= 4 is 27.1 Å². The molecule has 3 aromatic rings. The largest absolute Gasteiger partial charge is 0.387 e. The quantitative estimate of drug-likeness (QED) is 0.592. The summed E-state index contributed by atoms with van der Waals surface area (Å²) in [7, 11) is -3.82. The van der Waals surface area contributed by atoms with Crippen LogP contribution in [0.2, 0.25) is 0 Å². The smallest absolute Gasteiger partial charge is 0.240 e. The molecule has 0 aliphatic heterocycles. The third-order valence-corrected chi connectivity index (χ3v) is 6.27. The summed E-state index contributed by atoms with van der Waals surface area (Å²) in [6.45, 7) is 1.22. The molecule has 140 valence electrons. The number of thiophene rings is 1. The van der Waals surface area contributed by atoms with Gasteiger partial charge in [0.25, 0.3) is 0 Å². The van der Waals surface area contributed by atoms with Crippen LogP contribution in [0.1, 0.15) is 28.9 Å². The summed E-state index contributed by atoms with van der Waals surface area (Å²) in [5, 5.41) is 14.3. The molecule has 0 saturated carbocycles. The Morgan fingerprint density at radius 2 is 1.85 bits per heavy atom. The van der Waals surface area contributed by atoms with Crippen LogP contribution in [0.5, 0.6) is 0 Å². The Morgan fingerprint density at radius 1 is 1.11 bits per heavy atom. The first-order chi connectivity index (χ1) is 12.9. The van der Waals surface area contributed by atoms with Crippen molar-refractivity contribution in [2.24, 2.45) is 0 Å². The molecule has 0 aliphatic carbocycles. The lowest BCUT2D eigenvalue weighted by Crippen LogP contribution is -2.28. The Morgan fingerprint density at radius 3 is 2.48 bits per heavy atom. The Hall–Kier alpha value is -2.32. The highest BCUT2D eigenvalue weighted by Gasteiger charge is 2.18. The van der Waals surface area contributed by atoms with E-state index in [1.807, 2.05) is 29.0 Å². The number of Topliss-reactive ketones (excluding diaryl/α,β-unsaturated/α-hetero) is 1. The number of hydrogen-bond acceptors (Lipinski definition) is 5. The van der Waals surface area contributed by atoms with Crippen molar-refractivity contribution in [3.05, 3.63) is 76.5 Å². The fraction of sp³-hybridized carbons (Fsp3) is 0.150. The van der Waals surface area contributed by atoms with Crippen LogP contribution in [0.25, 0.3) is 11.1 Å². The van der Waals surface area contributed by atoms with Crippen molar-refractivity contribution in [1.29, 1.82) is 0 Å². The maximum atomic E-state index is 12.4. The molecule has 2 N–H and O–H groups in total. The second-order valence-electron chi connectivity index (χ2n) is 6.09. The minimum atomic E-state index is -3.82. The van der Waals surface area contributed by atoms with E-state index in [1.165, 1.54) is 25.1 Å². The first-order valence-electron chi connectivity index (χ1n) is 8.28. The summed E-state index contributed by atoms with van der Waals surface area (Å²) in [4.78, 5) is 11.4. The molecule has 0 amide bonds. The molecule has 1 atom stereocenters. The molecule has 0 saturated heterocycles. The predicted molar refractivity (Wildman–Crippen MR) is 106 cm³/mol. The lowest BCUT2D eigenvalue weighted by molar-refractivity contribution is 0.101. The second kappa shape index (κ2) is 8.14. The Kier molecular flexibility index (Phi) is 5.86. The SMILES string of the molecule is CC(=O)c1cccc(S(=O)(=O)NCC(O)c2ccc(-c3ccsc3)cc2)c1. The van der Waals surface area contributed by atoms with Gasteiger partial charge in [-0.25, -0.2) is 13.1 Å². The molecule has 0 aliphatic rings. The topological polar surface area (TPSA) is 83.5 Å². The van der Waals surface area contributed by atoms with Crippen molar-refractivity contribution < 1.29 is 18.3 Å². The Balaban J connectivity index is 1.68. The highest BCUT2D eigenvalue weighted by Crippen LogP contribution is 2.24. The maximum absolute atomic E-state index is 12.4. The van der Waals surface area contributed by atoms with E-state index in [1.54, 1.807) is 29.5 Å². The zero-order chi connectivity index (χ0) is 19.4. The highest BCUT2D eigenvalue weighted by molar-refractivity contribution is 7.89. The van der Waals surface area contributed by atoms with Crippen molar-refractivity contribution in [3.8, 4) is 11.1 Å². The van der Waals surface area contributed by atoms with Crippen molar-refractivity contribution in [2.75, 3.05) is 6.54 Å². The molecule has 2 aromatic carbocycles. The number of carbonyl (C=O) groups is 1. The van der Waals surface area contributed by atoms with Gasteiger partial charge in [-0.3, -0.25) is 4.79 Å². The molecule has 1 unspecified atom stereocenters. The van der Waals surface area contributed by atoms with Gasteiger partial charge < -0.3 is 5.11 Å². The third-order valence-electron chi connectivity index (χ3n) is 4.17. The predicted octanol–water partition coefficient (Wildman–Crippen LogP) is 3.63. The lowest BCUT2D eigenvalue weighted by Gasteiger charge is -2.13. The summed E-state index contributed by atoms with van der Waals surface area (Å²) in [5.74, 6) is -0.210. The molecular weight excluding hydrogens is 382 g/mol. The molecule has 7 heteroatoms. The van der Waals surface area contributed by atoms with Crippen LogP contribution in [0.15, 0.2) is 70.3 Å². The van der Waals surface area contributed by atoms with Gasteiger partial charge in [-0.2, -0.15) is 11.3 Å². The van der Waals surface area contributed by atoms with Gasteiger partial charge in [-0.1, -0.05) is 36.4 Å². The van der Waals surface area contributed by atoms with Crippen LogP contribution in [0.3, 0.4) is 0 Å². The summed E-state index contributed by atoms with van der Waals surface area (Å²) >= 11 is 1.61. The minimum absolute atomic E-state index is 0.00444.